The van der Waals surface area contributed by atoms with E-state index in [1.165, 1.54) is 52.7 Å². The molecule has 0 aliphatic heterocycles. The maximum atomic E-state index is 13.9. The fraction of sp³-hybridized carbons (Fsp3) is 0.321. The average Bonchev–Trinajstić information content (AvgIpc) is 3.92. The predicted molar refractivity (Wildman–Crippen MR) is 289 cm³/mol. The Labute approximate surface area is 438 Å². The number of nitrogens with zero attached hydrogens (tertiary/aromatic N) is 2. The molecule has 0 aromatic heterocycles. The second kappa shape index (κ2) is 22.8. The van der Waals surface area contributed by atoms with E-state index in [-0.39, 0.29) is 58.6 Å². The minimum absolute atomic E-state index is 0.164. The molecule has 0 radical (unpaired) electrons. The molecule has 6 aromatic rings. The first-order chi connectivity index (χ1) is 36.0. The lowest BCUT2D eigenvalue weighted by Gasteiger charge is -2.34. The van der Waals surface area contributed by atoms with Crippen LogP contribution in [-0.4, -0.2) is 80.2 Å². The van der Waals surface area contributed by atoms with Gasteiger partial charge >= 0.3 is 12.2 Å². The minimum atomic E-state index is -2.30. The number of carbonyl (C=O) groups excluding carboxylic acids is 2. The van der Waals surface area contributed by atoms with E-state index in [0.29, 0.717) is 12.8 Å². The van der Waals surface area contributed by atoms with Crippen molar-refractivity contribution in [1.29, 1.82) is 0 Å². The third-order valence-electron chi connectivity index (χ3n) is 13.9. The molecule has 2 aliphatic rings. The quantitative estimate of drug-likeness (QED) is 0.0281. The van der Waals surface area contributed by atoms with E-state index >= 15 is 0 Å². The zero-order valence-electron chi connectivity index (χ0n) is 43.3. The number of methoxy groups -OCH3 is 4. The molecule has 8 rings (SSSR count). The maximum absolute atomic E-state index is 13.9. The number of alkyl carbamates (subject to hydrolysis) is 2. The molecule has 0 bridgehead atoms. The molecule has 0 spiro atoms. The SMILES string of the molecule is COc1cc(C(OC(=O)NCCC[Si](C)(C)O[Si](C)(C)CCCNC(=O)OC(c2cc(OC)c(OC)cc2[N+](=O)[O-])C2c3ccccc3-c3ccccc32)C2c3ccccc3-c3ccccc32)c([N+](=O)[O-])cc1OC. The summed E-state index contributed by atoms with van der Waals surface area (Å²) in [6.07, 6.45) is -2.49. The van der Waals surface area contributed by atoms with Crippen molar-refractivity contribution < 1.29 is 52.0 Å². The summed E-state index contributed by atoms with van der Waals surface area (Å²) in [5, 5.41) is 31.1. The van der Waals surface area contributed by atoms with Crippen LogP contribution in [0.3, 0.4) is 0 Å². The predicted octanol–water partition coefficient (Wildman–Crippen LogP) is 12.6. The number of carbonyl (C=O) groups is 2. The van der Waals surface area contributed by atoms with Crippen LogP contribution in [-0.2, 0) is 13.6 Å². The van der Waals surface area contributed by atoms with Crippen molar-refractivity contribution in [2.24, 2.45) is 0 Å². The van der Waals surface area contributed by atoms with Crippen LogP contribution in [0.25, 0.3) is 22.3 Å². The van der Waals surface area contributed by atoms with Gasteiger partial charge in [0.1, 0.15) is 12.2 Å². The van der Waals surface area contributed by atoms with E-state index in [2.05, 4.69) is 36.8 Å². The fourth-order valence-electron chi connectivity index (χ4n) is 10.8. The molecule has 2 N–H and O–H groups in total. The number of nitro groups is 2. The van der Waals surface area contributed by atoms with Gasteiger partial charge in [-0.15, -0.1) is 0 Å². The highest BCUT2D eigenvalue weighted by molar-refractivity contribution is 6.84. The van der Waals surface area contributed by atoms with Gasteiger partial charge in [-0.3, -0.25) is 20.2 Å². The van der Waals surface area contributed by atoms with E-state index in [4.69, 9.17) is 32.5 Å². The van der Waals surface area contributed by atoms with Crippen molar-refractivity contribution in [3.05, 3.63) is 175 Å². The van der Waals surface area contributed by atoms with E-state index < -0.39 is 62.7 Å². The smallest absolute Gasteiger partial charge is 0.407 e. The lowest BCUT2D eigenvalue weighted by atomic mass is 9.86. The highest BCUT2D eigenvalue weighted by Crippen LogP contribution is 2.55. The molecule has 2 amide bonds. The Morgan fingerprint density at radius 3 is 1.09 bits per heavy atom. The first kappa shape index (κ1) is 53.5. The summed E-state index contributed by atoms with van der Waals surface area (Å²) >= 11 is 0. The van der Waals surface area contributed by atoms with Crippen molar-refractivity contribution in [2.75, 3.05) is 41.5 Å². The third-order valence-corrected chi connectivity index (χ3v) is 21.4. The van der Waals surface area contributed by atoms with Gasteiger partial charge in [-0.05, 0) is 108 Å². The van der Waals surface area contributed by atoms with Gasteiger partial charge < -0.3 is 43.2 Å². The van der Waals surface area contributed by atoms with Crippen LogP contribution < -0.4 is 29.6 Å². The zero-order valence-corrected chi connectivity index (χ0v) is 45.3. The van der Waals surface area contributed by atoms with Crippen LogP contribution in [0.5, 0.6) is 23.0 Å². The van der Waals surface area contributed by atoms with E-state index in [1.54, 1.807) is 0 Å². The standard InChI is InChI=1S/C56H62N4O13Si2/c1-67-47-31-43(45(59(63)64)33-49(47)69-3)53(51-39-23-13-9-19-35(39)36-20-10-14-24-40(36)51)71-55(61)57-27-17-29-74(5,6)73-75(7,8)30-18-28-58-56(62)72-54(44-32-48(68-2)50(70-4)34-46(44)60(65)66)52-41-25-15-11-21-37(41)38-22-12-16-26-42(38)52/h9-16,19-26,31-34,51-54H,17-18,27-30H2,1-8H3,(H,57,61)(H,58,62). The van der Waals surface area contributed by atoms with Gasteiger partial charge in [-0.25, -0.2) is 9.59 Å². The highest BCUT2D eigenvalue weighted by atomic mass is 28.4. The van der Waals surface area contributed by atoms with Gasteiger partial charge in [0.15, 0.2) is 39.6 Å². The molecular weight excluding hydrogens is 993 g/mol. The Morgan fingerprint density at radius 2 is 0.800 bits per heavy atom. The molecule has 2 aliphatic carbocycles. The highest BCUT2D eigenvalue weighted by Gasteiger charge is 2.43. The van der Waals surface area contributed by atoms with Crippen LogP contribution in [0.4, 0.5) is 21.0 Å². The molecule has 0 saturated heterocycles. The summed E-state index contributed by atoms with van der Waals surface area (Å²) in [6.45, 7) is 9.12. The summed E-state index contributed by atoms with van der Waals surface area (Å²) in [6, 6.07) is 38.2. The van der Waals surface area contributed by atoms with Gasteiger partial charge in [0.25, 0.3) is 11.4 Å². The Bertz CT molecular complexity index is 2820. The Hall–Kier alpha value is -7.75. The number of amides is 2. The molecule has 0 fully saturated rings. The number of rotatable bonds is 22. The monoisotopic (exact) mass is 1050 g/mol. The van der Waals surface area contributed by atoms with Gasteiger partial charge in [0, 0.05) is 13.1 Å². The Balaban J connectivity index is 0.895. The lowest BCUT2D eigenvalue weighted by Crippen LogP contribution is -2.45. The van der Waals surface area contributed by atoms with Crippen LogP contribution >= 0.6 is 0 Å². The number of nitrogens with one attached hydrogen (secondary N) is 2. The molecule has 19 heteroatoms. The summed E-state index contributed by atoms with van der Waals surface area (Å²) in [5.74, 6) is -0.268. The van der Waals surface area contributed by atoms with Crippen molar-refractivity contribution in [2.45, 2.75) is 75.2 Å². The van der Waals surface area contributed by atoms with Crippen molar-refractivity contribution >= 4 is 40.2 Å². The molecule has 17 nitrogen and oxygen atoms in total. The number of ether oxygens (including phenoxy) is 6. The summed E-state index contributed by atoms with van der Waals surface area (Å²) < 4.78 is 41.5. The van der Waals surface area contributed by atoms with Gasteiger partial charge in [-0.1, -0.05) is 97.1 Å². The van der Waals surface area contributed by atoms with Crippen molar-refractivity contribution in [3.8, 4) is 45.3 Å². The second-order valence-electron chi connectivity index (χ2n) is 19.7. The van der Waals surface area contributed by atoms with Crippen LogP contribution in [0, 0.1) is 20.2 Å². The normalized spacial score (nSPS) is 13.5. The summed E-state index contributed by atoms with van der Waals surface area (Å²) in [4.78, 5) is 52.0. The minimum Gasteiger partial charge on any atom is -0.493 e. The van der Waals surface area contributed by atoms with Crippen LogP contribution in [0.15, 0.2) is 121 Å². The van der Waals surface area contributed by atoms with Crippen LogP contribution in [0.2, 0.25) is 38.3 Å². The molecule has 0 heterocycles. The summed E-state index contributed by atoms with van der Waals surface area (Å²) in [5.41, 5.74) is 7.10. The molecule has 2 unspecified atom stereocenters. The first-order valence-electron chi connectivity index (χ1n) is 24.8. The molecule has 6 aromatic carbocycles. The van der Waals surface area contributed by atoms with Gasteiger partial charge in [0.2, 0.25) is 0 Å². The third kappa shape index (κ3) is 11.5. The molecule has 2 atom stereocenters. The topological polar surface area (TPSA) is 209 Å². The van der Waals surface area contributed by atoms with E-state index in [9.17, 15) is 29.8 Å². The number of fused-ring (bicyclic) bond motifs is 6. The molecule has 0 saturated carbocycles. The first-order valence-corrected chi connectivity index (χ1v) is 31.0. The van der Waals surface area contributed by atoms with Crippen molar-refractivity contribution in [3.63, 3.8) is 0 Å². The number of hydrogen-bond acceptors (Lipinski definition) is 13. The van der Waals surface area contributed by atoms with E-state index in [0.717, 1.165) is 56.6 Å². The molecule has 392 valence electrons. The summed E-state index contributed by atoms with van der Waals surface area (Å²) in [7, 11) is 1.09. The maximum Gasteiger partial charge on any atom is 0.407 e. The van der Waals surface area contributed by atoms with E-state index in [1.807, 2.05) is 97.1 Å². The molecule has 75 heavy (non-hydrogen) atoms. The lowest BCUT2D eigenvalue weighted by molar-refractivity contribution is -0.386. The Morgan fingerprint density at radius 1 is 0.507 bits per heavy atom. The zero-order chi connectivity index (χ0) is 53.6. The van der Waals surface area contributed by atoms with Crippen LogP contribution in [0.1, 0.15) is 70.3 Å². The van der Waals surface area contributed by atoms with Gasteiger partial charge in [0.05, 0.1) is 73.4 Å². The number of nitro benzene ring substituents is 2. The number of hydrogen-bond donors (Lipinski definition) is 2. The average molecular weight is 1060 g/mol. The van der Waals surface area contributed by atoms with Gasteiger partial charge in [-0.2, -0.15) is 0 Å². The number of benzene rings is 6. The largest absolute Gasteiger partial charge is 0.493 e. The van der Waals surface area contributed by atoms with Crippen molar-refractivity contribution in [1.82, 2.24) is 10.6 Å². The molecular formula is C56H62N4O13Si2. The second-order valence-corrected chi connectivity index (χ2v) is 28.5. The Kier molecular flexibility index (Phi) is 16.3. The fourth-order valence-corrected chi connectivity index (χ4v) is 19.6.